The molecule has 0 aliphatic carbocycles. The highest BCUT2D eigenvalue weighted by Crippen LogP contribution is 2.21. The van der Waals surface area contributed by atoms with Gasteiger partial charge in [0.1, 0.15) is 0 Å². The third-order valence-electron chi connectivity index (χ3n) is 2.40. The van der Waals surface area contributed by atoms with Crippen LogP contribution in [0.15, 0.2) is 24.3 Å². The van der Waals surface area contributed by atoms with E-state index < -0.39 is 6.10 Å². The lowest BCUT2D eigenvalue weighted by molar-refractivity contribution is -0.141. The fourth-order valence-corrected chi connectivity index (χ4v) is 1.47. The minimum absolute atomic E-state index is 0.242. The van der Waals surface area contributed by atoms with Crippen LogP contribution in [0.3, 0.4) is 0 Å². The summed E-state index contributed by atoms with van der Waals surface area (Å²) in [5, 5.41) is 9.84. The summed E-state index contributed by atoms with van der Waals surface area (Å²) in [7, 11) is 1.35. The molecular formula is C12H16O3. The molecule has 0 aromatic heterocycles. The van der Waals surface area contributed by atoms with Gasteiger partial charge in [0.15, 0.2) is 0 Å². The van der Waals surface area contributed by atoms with Gasteiger partial charge in [-0.25, -0.2) is 0 Å². The van der Waals surface area contributed by atoms with Gasteiger partial charge in [-0.15, -0.1) is 0 Å². The predicted molar refractivity (Wildman–Crippen MR) is 57.4 cm³/mol. The maximum absolute atomic E-state index is 10.9. The van der Waals surface area contributed by atoms with Crippen molar-refractivity contribution < 1.29 is 14.6 Å². The van der Waals surface area contributed by atoms with Crippen LogP contribution < -0.4 is 0 Å². The van der Waals surface area contributed by atoms with Crippen LogP contribution in [0.1, 0.15) is 30.1 Å². The SMILES string of the molecule is COC(=O)CCC(O)c1ccccc1C. The Morgan fingerprint density at radius 2 is 2.13 bits per heavy atom. The van der Waals surface area contributed by atoms with Gasteiger partial charge in [0.05, 0.1) is 13.2 Å². The number of esters is 1. The molecule has 1 aromatic carbocycles. The van der Waals surface area contributed by atoms with E-state index in [0.717, 1.165) is 11.1 Å². The highest BCUT2D eigenvalue weighted by Gasteiger charge is 2.11. The minimum Gasteiger partial charge on any atom is -0.469 e. The summed E-state index contributed by atoms with van der Waals surface area (Å²) in [5.41, 5.74) is 1.91. The van der Waals surface area contributed by atoms with Gasteiger partial charge >= 0.3 is 5.97 Å². The van der Waals surface area contributed by atoms with Crippen molar-refractivity contribution in [2.24, 2.45) is 0 Å². The summed E-state index contributed by atoms with van der Waals surface area (Å²) in [6.07, 6.45) is 0.0501. The summed E-state index contributed by atoms with van der Waals surface area (Å²) in [6.45, 7) is 1.94. The zero-order chi connectivity index (χ0) is 11.3. The molecule has 0 aliphatic heterocycles. The lowest BCUT2D eigenvalue weighted by Crippen LogP contribution is -2.05. The molecule has 0 spiro atoms. The molecule has 1 aromatic rings. The van der Waals surface area contributed by atoms with Crippen LogP contribution in [-0.4, -0.2) is 18.2 Å². The van der Waals surface area contributed by atoms with Crippen LogP contribution in [0.5, 0.6) is 0 Å². The van der Waals surface area contributed by atoms with Crippen LogP contribution in [0.4, 0.5) is 0 Å². The Morgan fingerprint density at radius 1 is 1.47 bits per heavy atom. The Hall–Kier alpha value is -1.35. The summed E-state index contributed by atoms with van der Waals surface area (Å²) < 4.78 is 4.52. The maximum atomic E-state index is 10.9. The molecule has 0 amide bonds. The molecule has 0 saturated carbocycles. The van der Waals surface area contributed by atoms with E-state index in [2.05, 4.69) is 4.74 Å². The number of hydrogen-bond acceptors (Lipinski definition) is 3. The number of aliphatic hydroxyl groups excluding tert-OH is 1. The van der Waals surface area contributed by atoms with E-state index in [0.29, 0.717) is 6.42 Å². The van der Waals surface area contributed by atoms with Gasteiger partial charge < -0.3 is 9.84 Å². The van der Waals surface area contributed by atoms with E-state index in [1.807, 2.05) is 31.2 Å². The predicted octanol–water partition coefficient (Wildman–Crippen LogP) is 1.98. The van der Waals surface area contributed by atoms with Gasteiger partial charge in [-0.3, -0.25) is 4.79 Å². The lowest BCUT2D eigenvalue weighted by atomic mass is 10.0. The van der Waals surface area contributed by atoms with Crippen LogP contribution >= 0.6 is 0 Å². The molecule has 0 aliphatic rings. The average Bonchev–Trinajstić information content (AvgIpc) is 2.26. The fraction of sp³-hybridized carbons (Fsp3) is 0.417. The van der Waals surface area contributed by atoms with E-state index in [9.17, 15) is 9.90 Å². The first-order valence-corrected chi connectivity index (χ1v) is 4.95. The van der Waals surface area contributed by atoms with E-state index in [1.165, 1.54) is 7.11 Å². The third kappa shape index (κ3) is 3.36. The van der Waals surface area contributed by atoms with Crippen molar-refractivity contribution in [3.63, 3.8) is 0 Å². The van der Waals surface area contributed by atoms with Crippen LogP contribution in [0, 0.1) is 6.92 Å². The van der Waals surface area contributed by atoms with Gasteiger partial charge in [-0.05, 0) is 24.5 Å². The Kier molecular flexibility index (Phi) is 4.31. The van der Waals surface area contributed by atoms with Crippen molar-refractivity contribution in [2.75, 3.05) is 7.11 Å². The standard InChI is InChI=1S/C12H16O3/c1-9-5-3-4-6-10(9)11(13)7-8-12(14)15-2/h3-6,11,13H,7-8H2,1-2H3. The zero-order valence-corrected chi connectivity index (χ0v) is 9.06. The number of benzene rings is 1. The summed E-state index contributed by atoms with van der Waals surface area (Å²) in [5.74, 6) is -0.289. The summed E-state index contributed by atoms with van der Waals surface area (Å²) in [6, 6.07) is 7.61. The molecular weight excluding hydrogens is 192 g/mol. The molecule has 82 valence electrons. The average molecular weight is 208 g/mol. The molecule has 0 radical (unpaired) electrons. The van der Waals surface area contributed by atoms with Crippen molar-refractivity contribution in [3.8, 4) is 0 Å². The van der Waals surface area contributed by atoms with E-state index in [4.69, 9.17) is 0 Å². The van der Waals surface area contributed by atoms with Crippen molar-refractivity contribution in [1.29, 1.82) is 0 Å². The summed E-state index contributed by atoms with van der Waals surface area (Å²) in [4.78, 5) is 10.9. The molecule has 0 saturated heterocycles. The Balaban J connectivity index is 2.57. The van der Waals surface area contributed by atoms with Gasteiger partial charge in [-0.1, -0.05) is 24.3 Å². The molecule has 1 unspecified atom stereocenters. The maximum Gasteiger partial charge on any atom is 0.305 e. The molecule has 1 atom stereocenters. The minimum atomic E-state index is -0.592. The second-order valence-corrected chi connectivity index (χ2v) is 3.49. The number of hydrogen-bond donors (Lipinski definition) is 1. The van der Waals surface area contributed by atoms with Gasteiger partial charge in [0.2, 0.25) is 0 Å². The van der Waals surface area contributed by atoms with Gasteiger partial charge in [0, 0.05) is 6.42 Å². The Morgan fingerprint density at radius 3 is 2.73 bits per heavy atom. The normalized spacial score (nSPS) is 12.2. The first-order valence-electron chi connectivity index (χ1n) is 4.95. The number of aliphatic hydroxyl groups is 1. The first kappa shape index (κ1) is 11.7. The van der Waals surface area contributed by atoms with E-state index >= 15 is 0 Å². The van der Waals surface area contributed by atoms with Crippen molar-refractivity contribution in [1.82, 2.24) is 0 Å². The van der Waals surface area contributed by atoms with Gasteiger partial charge in [-0.2, -0.15) is 0 Å². The Labute approximate surface area is 89.7 Å². The monoisotopic (exact) mass is 208 g/mol. The van der Waals surface area contributed by atoms with Crippen molar-refractivity contribution >= 4 is 5.97 Å². The molecule has 1 N–H and O–H groups in total. The molecule has 3 nitrogen and oxygen atoms in total. The van der Waals surface area contributed by atoms with Crippen LogP contribution in [0.2, 0.25) is 0 Å². The molecule has 0 bridgehead atoms. The van der Waals surface area contributed by atoms with E-state index in [-0.39, 0.29) is 12.4 Å². The molecule has 3 heteroatoms. The third-order valence-corrected chi connectivity index (χ3v) is 2.40. The second-order valence-electron chi connectivity index (χ2n) is 3.49. The quantitative estimate of drug-likeness (QED) is 0.769. The number of rotatable bonds is 4. The fourth-order valence-electron chi connectivity index (χ4n) is 1.47. The second kappa shape index (κ2) is 5.51. The number of carbonyl (C=O) groups excluding carboxylic acids is 1. The largest absolute Gasteiger partial charge is 0.469 e. The van der Waals surface area contributed by atoms with E-state index in [1.54, 1.807) is 0 Å². The lowest BCUT2D eigenvalue weighted by Gasteiger charge is -2.12. The van der Waals surface area contributed by atoms with Crippen LogP contribution in [-0.2, 0) is 9.53 Å². The van der Waals surface area contributed by atoms with Crippen molar-refractivity contribution in [3.05, 3.63) is 35.4 Å². The van der Waals surface area contributed by atoms with Crippen molar-refractivity contribution in [2.45, 2.75) is 25.9 Å². The highest BCUT2D eigenvalue weighted by molar-refractivity contribution is 5.69. The topological polar surface area (TPSA) is 46.5 Å². The van der Waals surface area contributed by atoms with Gasteiger partial charge in [0.25, 0.3) is 0 Å². The highest BCUT2D eigenvalue weighted by atomic mass is 16.5. The molecule has 15 heavy (non-hydrogen) atoms. The smallest absolute Gasteiger partial charge is 0.305 e. The number of ether oxygens (including phenoxy) is 1. The number of carbonyl (C=O) groups is 1. The summed E-state index contributed by atoms with van der Waals surface area (Å²) >= 11 is 0. The molecule has 0 heterocycles. The molecule has 1 rings (SSSR count). The van der Waals surface area contributed by atoms with Crippen LogP contribution in [0.25, 0.3) is 0 Å². The zero-order valence-electron chi connectivity index (χ0n) is 9.06. The Bertz CT molecular complexity index is 333. The number of methoxy groups -OCH3 is 1. The molecule has 0 fully saturated rings. The first-order chi connectivity index (χ1) is 7.15. The number of aryl methyl sites for hydroxylation is 1.